The van der Waals surface area contributed by atoms with Crippen LogP contribution in [-0.4, -0.2) is 17.7 Å². The van der Waals surface area contributed by atoms with Gasteiger partial charge >= 0.3 is 7.69 Å². The molecule has 0 amide bonds. The number of hydrogen-bond acceptors (Lipinski definition) is 3. The Hall–Kier alpha value is -0.315. The van der Waals surface area contributed by atoms with Crippen LogP contribution in [0.5, 0.6) is 0 Å². The van der Waals surface area contributed by atoms with Crippen LogP contribution in [0.1, 0.15) is 4.88 Å². The van der Waals surface area contributed by atoms with E-state index in [2.05, 4.69) is 24.4 Å². The zero-order valence-corrected chi connectivity index (χ0v) is 5.93. The second-order valence-electron chi connectivity index (χ2n) is 1.34. The highest BCUT2D eigenvalue weighted by Crippen LogP contribution is 2.03. The van der Waals surface area contributed by atoms with Crippen molar-refractivity contribution in [2.45, 2.75) is 6.92 Å². The van der Waals surface area contributed by atoms with Crippen molar-refractivity contribution in [2.24, 2.45) is 0 Å². The van der Waals surface area contributed by atoms with E-state index in [0.29, 0.717) is 0 Å². The van der Waals surface area contributed by atoms with E-state index < -0.39 is 0 Å². The Morgan fingerprint density at radius 1 is 1.56 bits per heavy atom. The molecule has 1 radical (unpaired) electrons. The zero-order chi connectivity index (χ0) is 7.11. The molecule has 0 saturated carbocycles. The Balaban J connectivity index is 0.000000187. The number of thiophene rings is 1. The van der Waals surface area contributed by atoms with Crippen LogP contribution in [0.2, 0.25) is 0 Å². The van der Waals surface area contributed by atoms with Crippen molar-refractivity contribution in [3.8, 4) is 0 Å². The minimum Gasteiger partial charge on any atom is -0.429 e. The molecule has 0 aliphatic rings. The molecular formula is C5H8BO2S. The molecular weight excluding hydrogens is 135 g/mol. The topological polar surface area (TPSA) is 40.5 Å². The maximum atomic E-state index is 7.00. The fraction of sp³-hybridized carbons (Fsp3) is 0.200. The number of rotatable bonds is 0. The summed E-state index contributed by atoms with van der Waals surface area (Å²) in [5.41, 5.74) is 0. The number of hydrogen-bond donors (Lipinski definition) is 2. The molecule has 0 aliphatic heterocycles. The highest BCUT2D eigenvalue weighted by Gasteiger charge is 1.74. The van der Waals surface area contributed by atoms with Crippen LogP contribution in [-0.2, 0) is 0 Å². The summed E-state index contributed by atoms with van der Waals surface area (Å²) in [6.45, 7) is 2.10. The highest BCUT2D eigenvalue weighted by molar-refractivity contribution is 7.09. The van der Waals surface area contributed by atoms with Crippen LogP contribution in [0, 0.1) is 6.92 Å². The Labute approximate surface area is 59.1 Å². The van der Waals surface area contributed by atoms with Crippen LogP contribution in [0.15, 0.2) is 17.5 Å². The summed E-state index contributed by atoms with van der Waals surface area (Å²) < 4.78 is 0. The Morgan fingerprint density at radius 2 is 2.11 bits per heavy atom. The van der Waals surface area contributed by atoms with Crippen LogP contribution in [0.25, 0.3) is 0 Å². The summed E-state index contributed by atoms with van der Waals surface area (Å²) in [6, 6.07) is 4.16. The second kappa shape index (κ2) is 5.82. The van der Waals surface area contributed by atoms with Crippen LogP contribution >= 0.6 is 11.3 Å². The largest absolute Gasteiger partial charge is 0.482 e. The van der Waals surface area contributed by atoms with Crippen molar-refractivity contribution in [1.29, 1.82) is 0 Å². The van der Waals surface area contributed by atoms with Gasteiger partial charge in [-0.2, -0.15) is 0 Å². The Morgan fingerprint density at radius 3 is 2.22 bits per heavy atom. The average molecular weight is 143 g/mol. The first-order valence-electron chi connectivity index (χ1n) is 2.41. The highest BCUT2D eigenvalue weighted by atomic mass is 32.1. The van der Waals surface area contributed by atoms with Gasteiger partial charge in [-0.05, 0) is 18.4 Å². The molecule has 1 aromatic rings. The van der Waals surface area contributed by atoms with E-state index in [1.54, 1.807) is 11.3 Å². The molecule has 0 bridgehead atoms. The molecule has 0 aliphatic carbocycles. The Bertz CT molecular complexity index is 130. The van der Waals surface area contributed by atoms with Gasteiger partial charge < -0.3 is 10.0 Å². The lowest BCUT2D eigenvalue weighted by Crippen LogP contribution is -1.75. The molecule has 4 heteroatoms. The third-order valence-corrected chi connectivity index (χ3v) is 1.46. The monoisotopic (exact) mass is 143 g/mol. The van der Waals surface area contributed by atoms with Crippen molar-refractivity contribution in [1.82, 2.24) is 0 Å². The van der Waals surface area contributed by atoms with Gasteiger partial charge in [0.25, 0.3) is 0 Å². The first-order valence-corrected chi connectivity index (χ1v) is 3.29. The first kappa shape index (κ1) is 8.68. The summed E-state index contributed by atoms with van der Waals surface area (Å²) in [6.07, 6.45) is 0. The molecule has 0 saturated heterocycles. The summed E-state index contributed by atoms with van der Waals surface area (Å²) in [5, 5.41) is 16.1. The van der Waals surface area contributed by atoms with Crippen molar-refractivity contribution < 1.29 is 10.0 Å². The minimum atomic E-state index is 0. The molecule has 0 aromatic carbocycles. The predicted octanol–water partition coefficient (Wildman–Crippen LogP) is 0.562. The van der Waals surface area contributed by atoms with Gasteiger partial charge in [-0.3, -0.25) is 0 Å². The summed E-state index contributed by atoms with van der Waals surface area (Å²) in [7, 11) is 0. The standard InChI is InChI=1S/C5H6S.BH2O2/c1-5-3-2-4-6-5;2-1-3/h2-4H,1H3;2-3H. The lowest BCUT2D eigenvalue weighted by Gasteiger charge is -1.65. The molecule has 2 nitrogen and oxygen atoms in total. The van der Waals surface area contributed by atoms with Crippen LogP contribution in [0.3, 0.4) is 0 Å². The summed E-state index contributed by atoms with van der Waals surface area (Å²) in [5.74, 6) is 0. The molecule has 1 rings (SSSR count). The van der Waals surface area contributed by atoms with E-state index in [1.165, 1.54) is 4.88 Å². The average Bonchev–Trinajstić information content (AvgIpc) is 2.20. The van der Waals surface area contributed by atoms with Gasteiger partial charge in [-0.25, -0.2) is 0 Å². The molecule has 9 heavy (non-hydrogen) atoms. The van der Waals surface area contributed by atoms with E-state index >= 15 is 0 Å². The molecule has 1 aromatic heterocycles. The fourth-order valence-electron chi connectivity index (χ4n) is 0.361. The quantitative estimate of drug-likeness (QED) is 0.521. The van der Waals surface area contributed by atoms with Crippen molar-refractivity contribution in [2.75, 3.05) is 0 Å². The van der Waals surface area contributed by atoms with E-state index in [4.69, 9.17) is 10.0 Å². The van der Waals surface area contributed by atoms with Crippen molar-refractivity contribution in [3.63, 3.8) is 0 Å². The molecule has 0 spiro atoms. The molecule has 49 valence electrons. The number of aryl methyl sites for hydroxylation is 1. The normalized spacial score (nSPS) is 7.44. The zero-order valence-electron chi connectivity index (χ0n) is 5.11. The van der Waals surface area contributed by atoms with E-state index in [-0.39, 0.29) is 7.69 Å². The lowest BCUT2D eigenvalue weighted by molar-refractivity contribution is 0.448. The van der Waals surface area contributed by atoms with Gasteiger partial charge in [-0.15, -0.1) is 11.3 Å². The summed E-state index contributed by atoms with van der Waals surface area (Å²) >= 11 is 1.78. The SMILES string of the molecule is Cc1cccs1.O[B]O. The third-order valence-electron chi connectivity index (χ3n) is 0.663. The van der Waals surface area contributed by atoms with Gasteiger partial charge in [0.2, 0.25) is 0 Å². The molecule has 2 N–H and O–H groups in total. The van der Waals surface area contributed by atoms with Gasteiger partial charge in [0, 0.05) is 4.88 Å². The van der Waals surface area contributed by atoms with Crippen molar-refractivity contribution in [3.05, 3.63) is 22.4 Å². The summed E-state index contributed by atoms with van der Waals surface area (Å²) in [4.78, 5) is 1.38. The Kier molecular flexibility index (Phi) is 5.61. The van der Waals surface area contributed by atoms with Crippen LogP contribution in [0.4, 0.5) is 0 Å². The predicted molar refractivity (Wildman–Crippen MR) is 39.2 cm³/mol. The van der Waals surface area contributed by atoms with Crippen molar-refractivity contribution >= 4 is 19.0 Å². The van der Waals surface area contributed by atoms with E-state index in [1.807, 2.05) is 0 Å². The smallest absolute Gasteiger partial charge is 0.429 e. The molecule has 0 unspecified atom stereocenters. The molecule has 0 atom stereocenters. The lowest BCUT2D eigenvalue weighted by atomic mass is 10.5. The fourth-order valence-corrected chi connectivity index (χ4v) is 0.890. The maximum Gasteiger partial charge on any atom is 0.482 e. The van der Waals surface area contributed by atoms with Gasteiger partial charge in [0.05, 0.1) is 0 Å². The van der Waals surface area contributed by atoms with Gasteiger partial charge in [0.15, 0.2) is 0 Å². The van der Waals surface area contributed by atoms with Crippen LogP contribution < -0.4 is 0 Å². The third kappa shape index (κ3) is 5.56. The molecule has 1 heterocycles. The van der Waals surface area contributed by atoms with E-state index in [9.17, 15) is 0 Å². The molecule has 0 fully saturated rings. The van der Waals surface area contributed by atoms with Gasteiger partial charge in [0.1, 0.15) is 0 Å². The van der Waals surface area contributed by atoms with E-state index in [0.717, 1.165) is 0 Å². The second-order valence-corrected chi connectivity index (χ2v) is 2.49. The minimum absolute atomic E-state index is 0. The maximum absolute atomic E-state index is 7.00. The first-order chi connectivity index (χ1) is 4.31. The van der Waals surface area contributed by atoms with Gasteiger partial charge in [-0.1, -0.05) is 6.07 Å².